The fourth-order valence-electron chi connectivity index (χ4n) is 2.17. The van der Waals surface area contributed by atoms with Gasteiger partial charge in [-0.15, -0.1) is 0 Å². The average molecular weight is 466 g/mol. The van der Waals surface area contributed by atoms with E-state index in [1.165, 1.54) is 0 Å². The Labute approximate surface area is 164 Å². The smallest absolute Gasteiger partial charge is 0.416 e. The number of unbranched alkanes of at least 4 members (excludes halogenated alkanes) is 1. The molecular weight excluding hydrogens is 447 g/mol. The maximum Gasteiger partial charge on any atom is 0.416 e. The number of ether oxygens (including phenoxy) is 1. The zero-order chi connectivity index (χ0) is 19.9. The standard InChI is InChI=1S/C18H19BrF3NO3S/c19-11-1-2-12-26-16-7-3-14(4-8-16)13-23-27(24,25)17-9-5-15(6-10-17)18(20,21)22/h3-10,23H,1-2,11-13H2. The van der Waals surface area contributed by atoms with E-state index in [0.29, 0.717) is 17.9 Å². The molecular formula is C18H19BrF3NO3S. The van der Waals surface area contributed by atoms with E-state index in [-0.39, 0.29) is 11.4 Å². The van der Waals surface area contributed by atoms with Crippen LogP contribution in [0.2, 0.25) is 0 Å². The van der Waals surface area contributed by atoms with Crippen LogP contribution in [0.25, 0.3) is 0 Å². The van der Waals surface area contributed by atoms with Gasteiger partial charge in [-0.25, -0.2) is 13.1 Å². The van der Waals surface area contributed by atoms with Gasteiger partial charge in [-0.3, -0.25) is 0 Å². The topological polar surface area (TPSA) is 55.4 Å². The second kappa shape index (κ2) is 9.57. The van der Waals surface area contributed by atoms with Crippen molar-refractivity contribution in [3.8, 4) is 5.75 Å². The molecule has 0 saturated heterocycles. The van der Waals surface area contributed by atoms with Gasteiger partial charge in [-0.2, -0.15) is 13.2 Å². The third-order valence-corrected chi connectivity index (χ3v) is 5.66. The Hall–Kier alpha value is -1.58. The molecule has 0 aliphatic heterocycles. The minimum Gasteiger partial charge on any atom is -0.494 e. The van der Waals surface area contributed by atoms with Crippen molar-refractivity contribution in [2.45, 2.75) is 30.5 Å². The molecule has 9 heteroatoms. The molecule has 1 N–H and O–H groups in total. The quantitative estimate of drug-likeness (QED) is 0.429. The average Bonchev–Trinajstić information content (AvgIpc) is 2.64. The zero-order valence-corrected chi connectivity index (χ0v) is 16.7. The minimum atomic E-state index is -4.51. The van der Waals surface area contributed by atoms with Crippen LogP contribution in [-0.2, 0) is 22.7 Å². The molecule has 4 nitrogen and oxygen atoms in total. The highest BCUT2D eigenvalue weighted by Crippen LogP contribution is 2.29. The summed E-state index contributed by atoms with van der Waals surface area (Å²) in [6, 6.07) is 10.3. The normalized spacial score (nSPS) is 12.1. The van der Waals surface area contributed by atoms with E-state index in [4.69, 9.17) is 4.74 Å². The van der Waals surface area contributed by atoms with Gasteiger partial charge in [0.25, 0.3) is 0 Å². The molecule has 0 heterocycles. The summed E-state index contributed by atoms with van der Waals surface area (Å²) in [6.45, 7) is 0.624. The predicted molar refractivity (Wildman–Crippen MR) is 100 cm³/mol. The van der Waals surface area contributed by atoms with E-state index in [0.717, 1.165) is 42.4 Å². The molecule has 0 amide bonds. The highest BCUT2D eigenvalue weighted by atomic mass is 79.9. The number of nitrogens with one attached hydrogen (secondary N) is 1. The lowest BCUT2D eigenvalue weighted by Gasteiger charge is -2.10. The molecule has 2 aromatic carbocycles. The van der Waals surface area contributed by atoms with E-state index in [2.05, 4.69) is 20.7 Å². The summed E-state index contributed by atoms with van der Waals surface area (Å²) < 4.78 is 70.0. The molecule has 0 radical (unpaired) electrons. The van der Waals surface area contributed by atoms with Gasteiger partial charge in [0.1, 0.15) is 5.75 Å². The first-order valence-electron chi connectivity index (χ1n) is 8.17. The number of rotatable bonds is 9. The monoisotopic (exact) mass is 465 g/mol. The van der Waals surface area contributed by atoms with Crippen LogP contribution in [0.15, 0.2) is 53.4 Å². The number of alkyl halides is 4. The van der Waals surface area contributed by atoms with Crippen LogP contribution in [0.1, 0.15) is 24.0 Å². The second-order valence-corrected chi connectivity index (χ2v) is 8.30. The van der Waals surface area contributed by atoms with Crippen molar-refractivity contribution in [3.63, 3.8) is 0 Å². The van der Waals surface area contributed by atoms with Gasteiger partial charge in [0, 0.05) is 11.9 Å². The van der Waals surface area contributed by atoms with Crippen LogP contribution in [0.5, 0.6) is 5.75 Å². The number of benzene rings is 2. The molecule has 0 aromatic heterocycles. The molecule has 0 fully saturated rings. The van der Waals surface area contributed by atoms with Gasteiger partial charge >= 0.3 is 6.18 Å². The Balaban J connectivity index is 1.93. The summed E-state index contributed by atoms with van der Waals surface area (Å²) in [5.74, 6) is 0.693. The van der Waals surface area contributed by atoms with Crippen molar-refractivity contribution in [2.75, 3.05) is 11.9 Å². The second-order valence-electron chi connectivity index (χ2n) is 5.74. The number of halogens is 4. The predicted octanol–water partition coefficient (Wildman–Crippen LogP) is 4.74. The summed E-state index contributed by atoms with van der Waals surface area (Å²) in [6.07, 6.45) is -2.56. The van der Waals surface area contributed by atoms with Gasteiger partial charge in [0.2, 0.25) is 10.0 Å². The Kier molecular flexibility index (Phi) is 7.69. The van der Waals surface area contributed by atoms with Crippen molar-refractivity contribution >= 4 is 26.0 Å². The van der Waals surface area contributed by atoms with Crippen molar-refractivity contribution in [2.24, 2.45) is 0 Å². The Bertz CT molecular complexity index is 822. The lowest BCUT2D eigenvalue weighted by atomic mass is 10.2. The number of hydrogen-bond acceptors (Lipinski definition) is 3. The molecule has 0 aliphatic carbocycles. The first kappa shape index (κ1) is 21.7. The van der Waals surface area contributed by atoms with E-state index >= 15 is 0 Å². The highest BCUT2D eigenvalue weighted by molar-refractivity contribution is 9.09. The van der Waals surface area contributed by atoms with Crippen LogP contribution in [-0.4, -0.2) is 20.4 Å². The van der Waals surface area contributed by atoms with E-state index in [1.807, 2.05) is 0 Å². The highest BCUT2D eigenvalue weighted by Gasteiger charge is 2.30. The van der Waals surface area contributed by atoms with Crippen LogP contribution in [0.4, 0.5) is 13.2 Å². The molecule has 148 valence electrons. The lowest BCUT2D eigenvalue weighted by Crippen LogP contribution is -2.23. The maximum atomic E-state index is 12.6. The van der Waals surface area contributed by atoms with Crippen LogP contribution in [0, 0.1) is 0 Å². The Morgan fingerprint density at radius 1 is 0.963 bits per heavy atom. The van der Waals surface area contributed by atoms with Crippen LogP contribution >= 0.6 is 15.9 Å². The summed E-state index contributed by atoms with van der Waals surface area (Å²) in [4.78, 5) is -0.220. The summed E-state index contributed by atoms with van der Waals surface area (Å²) in [5.41, 5.74) is -0.188. The van der Waals surface area contributed by atoms with Crippen molar-refractivity contribution in [1.82, 2.24) is 4.72 Å². The molecule has 2 rings (SSSR count). The number of sulfonamides is 1. The maximum absolute atomic E-state index is 12.6. The third kappa shape index (κ3) is 6.82. The molecule has 0 atom stereocenters. The van der Waals surface area contributed by atoms with E-state index in [9.17, 15) is 21.6 Å². The first-order valence-corrected chi connectivity index (χ1v) is 10.8. The molecule has 0 spiro atoms. The Morgan fingerprint density at radius 3 is 2.15 bits per heavy atom. The van der Waals surface area contributed by atoms with Crippen LogP contribution < -0.4 is 9.46 Å². The first-order chi connectivity index (χ1) is 12.7. The SMILES string of the molecule is O=S(=O)(NCc1ccc(OCCCCBr)cc1)c1ccc(C(F)(F)F)cc1. The summed E-state index contributed by atoms with van der Waals surface area (Å²) in [5, 5.41) is 0.925. The van der Waals surface area contributed by atoms with Crippen molar-refractivity contribution in [1.29, 1.82) is 0 Å². The molecule has 0 bridgehead atoms. The van der Waals surface area contributed by atoms with E-state index in [1.54, 1.807) is 24.3 Å². The Morgan fingerprint density at radius 2 is 1.59 bits per heavy atom. The van der Waals surface area contributed by atoms with Gasteiger partial charge in [-0.05, 0) is 54.8 Å². The van der Waals surface area contributed by atoms with Gasteiger partial charge in [0.15, 0.2) is 0 Å². The fraction of sp³-hybridized carbons (Fsp3) is 0.333. The molecule has 0 aliphatic rings. The fourth-order valence-corrected chi connectivity index (χ4v) is 3.59. The largest absolute Gasteiger partial charge is 0.494 e. The van der Waals surface area contributed by atoms with Gasteiger partial charge in [0.05, 0.1) is 17.1 Å². The lowest BCUT2D eigenvalue weighted by molar-refractivity contribution is -0.137. The van der Waals surface area contributed by atoms with Gasteiger partial charge < -0.3 is 4.74 Å². The third-order valence-electron chi connectivity index (χ3n) is 3.68. The number of hydrogen-bond donors (Lipinski definition) is 1. The zero-order valence-electron chi connectivity index (χ0n) is 14.3. The molecule has 0 unspecified atom stereocenters. The van der Waals surface area contributed by atoms with Crippen molar-refractivity contribution < 1.29 is 26.3 Å². The summed E-state index contributed by atoms with van der Waals surface area (Å²) in [7, 11) is -3.90. The minimum absolute atomic E-state index is 0.0211. The van der Waals surface area contributed by atoms with Crippen LogP contribution in [0.3, 0.4) is 0 Å². The summed E-state index contributed by atoms with van der Waals surface area (Å²) >= 11 is 3.35. The van der Waals surface area contributed by atoms with Crippen molar-refractivity contribution in [3.05, 3.63) is 59.7 Å². The molecule has 0 saturated carbocycles. The van der Waals surface area contributed by atoms with Gasteiger partial charge in [-0.1, -0.05) is 28.1 Å². The molecule has 2 aromatic rings. The van der Waals surface area contributed by atoms with E-state index < -0.39 is 21.8 Å². The molecule has 27 heavy (non-hydrogen) atoms.